The maximum atomic E-state index is 5.82. The first-order valence-electron chi connectivity index (χ1n) is 4.64. The molecule has 1 nitrogen and oxygen atoms in total. The van der Waals surface area contributed by atoms with E-state index in [0.717, 1.165) is 6.42 Å². The molecule has 0 heterocycles. The molecule has 78 valence electrons. The van der Waals surface area contributed by atoms with Gasteiger partial charge in [-0.1, -0.05) is 12.1 Å². The van der Waals surface area contributed by atoms with Gasteiger partial charge in [0.1, 0.15) is 0 Å². The average molecular weight is 227 g/mol. The van der Waals surface area contributed by atoms with Gasteiger partial charge in [-0.05, 0) is 37.5 Å². The van der Waals surface area contributed by atoms with E-state index >= 15 is 0 Å². The van der Waals surface area contributed by atoms with Crippen LogP contribution in [0.15, 0.2) is 28.0 Å². The molecular formula is C11H17NS2. The van der Waals surface area contributed by atoms with Gasteiger partial charge in [-0.2, -0.15) is 0 Å². The number of benzene rings is 1. The molecule has 0 aliphatic rings. The number of hydrogen-bond acceptors (Lipinski definition) is 3. The van der Waals surface area contributed by atoms with E-state index in [2.05, 4.69) is 37.6 Å². The van der Waals surface area contributed by atoms with Crippen molar-refractivity contribution in [1.82, 2.24) is 0 Å². The van der Waals surface area contributed by atoms with Gasteiger partial charge < -0.3 is 5.73 Å². The molecule has 0 aliphatic carbocycles. The normalized spacial score (nSPS) is 12.9. The summed E-state index contributed by atoms with van der Waals surface area (Å²) in [5.41, 5.74) is 7.20. The van der Waals surface area contributed by atoms with Crippen LogP contribution in [0.4, 0.5) is 0 Å². The van der Waals surface area contributed by atoms with Crippen LogP contribution in [0.2, 0.25) is 0 Å². The monoisotopic (exact) mass is 227 g/mol. The topological polar surface area (TPSA) is 26.0 Å². The SMILES string of the molecule is CSc1cccc(CC(C)N)c1SC. The van der Waals surface area contributed by atoms with Crippen LogP contribution in [0.3, 0.4) is 0 Å². The van der Waals surface area contributed by atoms with Gasteiger partial charge in [0.15, 0.2) is 0 Å². The average Bonchev–Trinajstić information content (AvgIpc) is 2.16. The lowest BCUT2D eigenvalue weighted by Gasteiger charge is -2.12. The van der Waals surface area contributed by atoms with Crippen LogP contribution in [0.5, 0.6) is 0 Å². The Kier molecular flexibility index (Phi) is 4.85. The van der Waals surface area contributed by atoms with E-state index in [1.165, 1.54) is 15.4 Å². The largest absolute Gasteiger partial charge is 0.328 e. The minimum Gasteiger partial charge on any atom is -0.328 e. The van der Waals surface area contributed by atoms with Crippen LogP contribution < -0.4 is 5.73 Å². The van der Waals surface area contributed by atoms with Crippen LogP contribution in [-0.2, 0) is 6.42 Å². The number of rotatable bonds is 4. The summed E-state index contributed by atoms with van der Waals surface area (Å²) in [6, 6.07) is 6.69. The van der Waals surface area contributed by atoms with E-state index in [1.54, 1.807) is 11.8 Å². The molecule has 14 heavy (non-hydrogen) atoms. The lowest BCUT2D eigenvalue weighted by atomic mass is 10.1. The zero-order chi connectivity index (χ0) is 10.6. The lowest BCUT2D eigenvalue weighted by molar-refractivity contribution is 0.726. The van der Waals surface area contributed by atoms with Crippen LogP contribution in [0, 0.1) is 0 Å². The van der Waals surface area contributed by atoms with Crippen molar-refractivity contribution >= 4 is 23.5 Å². The molecule has 0 amide bonds. The summed E-state index contributed by atoms with van der Waals surface area (Å²) in [7, 11) is 0. The van der Waals surface area contributed by atoms with Gasteiger partial charge in [-0.25, -0.2) is 0 Å². The Morgan fingerprint density at radius 1 is 1.29 bits per heavy atom. The summed E-state index contributed by atoms with van der Waals surface area (Å²) in [5.74, 6) is 0. The van der Waals surface area contributed by atoms with Crippen molar-refractivity contribution in [2.24, 2.45) is 5.73 Å². The fraction of sp³-hybridized carbons (Fsp3) is 0.455. The van der Waals surface area contributed by atoms with Gasteiger partial charge in [0.25, 0.3) is 0 Å². The molecule has 0 aliphatic heterocycles. The lowest BCUT2D eigenvalue weighted by Crippen LogP contribution is -2.18. The second-order valence-electron chi connectivity index (χ2n) is 3.33. The molecule has 1 aromatic carbocycles. The van der Waals surface area contributed by atoms with Gasteiger partial charge in [0, 0.05) is 15.8 Å². The third kappa shape index (κ3) is 2.94. The summed E-state index contributed by atoms with van der Waals surface area (Å²) < 4.78 is 0. The van der Waals surface area contributed by atoms with Gasteiger partial charge >= 0.3 is 0 Å². The molecule has 0 aromatic heterocycles. The number of hydrogen-bond donors (Lipinski definition) is 1. The van der Waals surface area contributed by atoms with Crippen molar-refractivity contribution in [3.63, 3.8) is 0 Å². The Morgan fingerprint density at radius 2 is 2.00 bits per heavy atom. The Hall–Kier alpha value is -0.120. The Morgan fingerprint density at radius 3 is 2.50 bits per heavy atom. The zero-order valence-corrected chi connectivity index (χ0v) is 10.5. The molecule has 1 unspecified atom stereocenters. The molecule has 0 radical (unpaired) electrons. The predicted octanol–water partition coefficient (Wildman–Crippen LogP) is 3.02. The standard InChI is InChI=1S/C11H17NS2/c1-8(12)7-9-5-4-6-10(13-2)11(9)14-3/h4-6,8H,7,12H2,1-3H3. The number of thioether (sulfide) groups is 2. The minimum atomic E-state index is 0.234. The molecule has 3 heteroatoms. The van der Waals surface area contributed by atoms with E-state index in [9.17, 15) is 0 Å². The van der Waals surface area contributed by atoms with Crippen molar-refractivity contribution in [2.75, 3.05) is 12.5 Å². The smallest absolute Gasteiger partial charge is 0.0238 e. The van der Waals surface area contributed by atoms with E-state index in [-0.39, 0.29) is 6.04 Å². The predicted molar refractivity (Wildman–Crippen MR) is 67.4 cm³/mol. The van der Waals surface area contributed by atoms with Crippen molar-refractivity contribution in [3.8, 4) is 0 Å². The molecule has 1 rings (SSSR count). The molecule has 1 atom stereocenters. The van der Waals surface area contributed by atoms with Gasteiger partial charge in [-0.3, -0.25) is 0 Å². The van der Waals surface area contributed by atoms with Crippen LogP contribution in [0.25, 0.3) is 0 Å². The molecule has 0 saturated heterocycles. The first-order chi connectivity index (χ1) is 6.69. The summed E-state index contributed by atoms with van der Waals surface area (Å²) in [6.45, 7) is 2.05. The summed E-state index contributed by atoms with van der Waals surface area (Å²) >= 11 is 3.61. The Labute approximate surface area is 94.8 Å². The molecular weight excluding hydrogens is 210 g/mol. The summed E-state index contributed by atoms with van der Waals surface area (Å²) in [4.78, 5) is 2.74. The van der Waals surface area contributed by atoms with Gasteiger partial charge in [0.2, 0.25) is 0 Å². The van der Waals surface area contributed by atoms with Crippen LogP contribution in [0.1, 0.15) is 12.5 Å². The first kappa shape index (κ1) is 12.0. The highest BCUT2D eigenvalue weighted by Crippen LogP contribution is 2.31. The van der Waals surface area contributed by atoms with Crippen LogP contribution >= 0.6 is 23.5 Å². The molecule has 2 N–H and O–H groups in total. The second kappa shape index (κ2) is 5.69. The molecule has 1 aromatic rings. The summed E-state index contributed by atoms with van der Waals surface area (Å²) in [5, 5.41) is 0. The maximum absolute atomic E-state index is 5.82. The zero-order valence-electron chi connectivity index (χ0n) is 8.91. The second-order valence-corrected chi connectivity index (χ2v) is 5.00. The first-order valence-corrected chi connectivity index (χ1v) is 7.09. The van der Waals surface area contributed by atoms with E-state index in [4.69, 9.17) is 5.73 Å². The van der Waals surface area contributed by atoms with Crippen molar-refractivity contribution in [3.05, 3.63) is 23.8 Å². The third-order valence-electron chi connectivity index (χ3n) is 2.03. The van der Waals surface area contributed by atoms with E-state index in [1.807, 2.05) is 11.8 Å². The fourth-order valence-electron chi connectivity index (χ4n) is 1.46. The quantitative estimate of drug-likeness (QED) is 0.801. The maximum Gasteiger partial charge on any atom is 0.0238 e. The molecule has 0 saturated carbocycles. The minimum absolute atomic E-state index is 0.234. The van der Waals surface area contributed by atoms with Crippen LogP contribution in [-0.4, -0.2) is 18.6 Å². The third-order valence-corrected chi connectivity index (χ3v) is 3.83. The summed E-state index contributed by atoms with van der Waals surface area (Å²) in [6.07, 6.45) is 5.20. The molecule has 0 bridgehead atoms. The Balaban J connectivity index is 3.02. The van der Waals surface area contributed by atoms with Crippen molar-refractivity contribution in [2.45, 2.75) is 29.2 Å². The van der Waals surface area contributed by atoms with Gasteiger partial charge in [-0.15, -0.1) is 23.5 Å². The molecule has 0 fully saturated rings. The van der Waals surface area contributed by atoms with Crippen molar-refractivity contribution < 1.29 is 0 Å². The van der Waals surface area contributed by atoms with E-state index in [0.29, 0.717) is 0 Å². The molecule has 0 spiro atoms. The van der Waals surface area contributed by atoms with E-state index < -0.39 is 0 Å². The van der Waals surface area contributed by atoms with Gasteiger partial charge in [0.05, 0.1) is 0 Å². The number of nitrogens with two attached hydrogens (primary N) is 1. The highest BCUT2D eigenvalue weighted by atomic mass is 32.2. The highest BCUT2D eigenvalue weighted by Gasteiger charge is 2.07. The highest BCUT2D eigenvalue weighted by molar-refractivity contribution is 8.01. The Bertz CT molecular complexity index is 297. The van der Waals surface area contributed by atoms with Crippen molar-refractivity contribution in [1.29, 1.82) is 0 Å². The fourth-order valence-corrected chi connectivity index (χ4v) is 3.18.